The molecule has 2 N–H and O–H groups in total. The van der Waals surface area contributed by atoms with Gasteiger partial charge in [0.05, 0.1) is 5.52 Å². The Morgan fingerprint density at radius 3 is 2.32 bits per heavy atom. The quantitative estimate of drug-likeness (QED) is 0.378. The molecular formula is C29H29N3O4S. The number of rotatable bonds is 7. The summed E-state index contributed by atoms with van der Waals surface area (Å²) in [5.74, 6) is -0.0982. The van der Waals surface area contributed by atoms with E-state index >= 15 is 0 Å². The summed E-state index contributed by atoms with van der Waals surface area (Å²) < 4.78 is 28.7. The van der Waals surface area contributed by atoms with Gasteiger partial charge in [0.2, 0.25) is 0 Å². The van der Waals surface area contributed by atoms with Gasteiger partial charge in [-0.3, -0.25) is 14.5 Å². The van der Waals surface area contributed by atoms with Gasteiger partial charge in [0.1, 0.15) is 4.90 Å². The highest BCUT2D eigenvalue weighted by Crippen LogP contribution is 2.35. The van der Waals surface area contributed by atoms with Crippen LogP contribution in [0.4, 0.5) is 5.69 Å². The topological polar surface area (TPSA) is 99.6 Å². The van der Waals surface area contributed by atoms with Crippen molar-refractivity contribution in [3.63, 3.8) is 0 Å². The van der Waals surface area contributed by atoms with Crippen molar-refractivity contribution in [2.24, 2.45) is 5.41 Å². The number of aliphatic hydroxyl groups excluding tert-OH is 1. The lowest BCUT2D eigenvalue weighted by atomic mass is 9.74. The van der Waals surface area contributed by atoms with Crippen LogP contribution in [0.1, 0.15) is 28.8 Å². The van der Waals surface area contributed by atoms with Crippen molar-refractivity contribution >= 4 is 32.5 Å². The Labute approximate surface area is 216 Å². The van der Waals surface area contributed by atoms with Crippen LogP contribution in [0.5, 0.6) is 0 Å². The number of fused-ring (bicyclic) bond motifs is 1. The first-order valence-corrected chi connectivity index (χ1v) is 13.8. The van der Waals surface area contributed by atoms with Crippen LogP contribution in [0.25, 0.3) is 10.9 Å². The van der Waals surface area contributed by atoms with E-state index in [2.05, 4.69) is 21.8 Å². The van der Waals surface area contributed by atoms with Gasteiger partial charge in [-0.2, -0.15) is 0 Å². The van der Waals surface area contributed by atoms with E-state index in [9.17, 15) is 18.3 Å². The maximum absolute atomic E-state index is 13.1. The second-order valence-electron chi connectivity index (χ2n) is 9.63. The van der Waals surface area contributed by atoms with Gasteiger partial charge >= 0.3 is 0 Å². The van der Waals surface area contributed by atoms with Crippen molar-refractivity contribution in [1.29, 1.82) is 0 Å². The molecule has 7 nitrogen and oxygen atoms in total. The van der Waals surface area contributed by atoms with Crippen LogP contribution in [-0.2, 0) is 16.4 Å². The molecule has 1 aromatic heterocycles. The van der Waals surface area contributed by atoms with Gasteiger partial charge in [-0.25, -0.2) is 8.42 Å². The molecule has 0 aliphatic carbocycles. The first-order valence-electron chi connectivity index (χ1n) is 12.3. The molecule has 190 valence electrons. The van der Waals surface area contributed by atoms with E-state index in [0.717, 1.165) is 24.6 Å². The normalized spacial score (nSPS) is 15.4. The van der Waals surface area contributed by atoms with Crippen molar-refractivity contribution < 1.29 is 18.3 Å². The van der Waals surface area contributed by atoms with E-state index < -0.39 is 10.0 Å². The summed E-state index contributed by atoms with van der Waals surface area (Å²) in [5, 5.41) is 10.9. The Balaban J connectivity index is 1.25. The maximum Gasteiger partial charge on any atom is 0.264 e. The monoisotopic (exact) mass is 515 g/mol. The molecule has 1 amide bonds. The zero-order valence-corrected chi connectivity index (χ0v) is 21.2. The predicted octanol–water partition coefficient (Wildman–Crippen LogP) is 4.49. The summed E-state index contributed by atoms with van der Waals surface area (Å²) in [5.41, 5.74) is 2.23. The SMILES string of the molecule is O=C(c1ccc(NS(=O)(=O)c2cccc3cccnc23)cc1)N1CCC(CO)(Cc2ccccc2)CC1. The molecule has 0 bridgehead atoms. The number of nitrogens with one attached hydrogen (secondary N) is 1. The molecule has 0 spiro atoms. The van der Waals surface area contributed by atoms with E-state index in [0.29, 0.717) is 29.9 Å². The first-order chi connectivity index (χ1) is 17.9. The number of benzene rings is 3. The molecular weight excluding hydrogens is 486 g/mol. The molecule has 4 aromatic rings. The van der Waals surface area contributed by atoms with Gasteiger partial charge in [0.25, 0.3) is 15.9 Å². The first kappa shape index (κ1) is 24.9. The number of sulfonamides is 1. The zero-order chi connectivity index (χ0) is 25.9. The lowest BCUT2D eigenvalue weighted by Crippen LogP contribution is -2.45. The average molecular weight is 516 g/mol. The summed E-state index contributed by atoms with van der Waals surface area (Å²) in [4.78, 5) is 19.3. The van der Waals surface area contributed by atoms with Gasteiger partial charge in [0.15, 0.2) is 0 Å². The molecule has 0 saturated carbocycles. The highest BCUT2D eigenvalue weighted by molar-refractivity contribution is 7.93. The Hall–Kier alpha value is -3.75. The van der Waals surface area contributed by atoms with Gasteiger partial charge in [-0.15, -0.1) is 0 Å². The third-order valence-electron chi connectivity index (χ3n) is 7.14. The molecule has 1 aliphatic rings. The lowest BCUT2D eigenvalue weighted by Gasteiger charge is -2.41. The maximum atomic E-state index is 13.1. The van der Waals surface area contributed by atoms with Gasteiger partial charge in [0, 0.05) is 47.9 Å². The number of para-hydroxylation sites is 1. The largest absolute Gasteiger partial charge is 0.396 e. The van der Waals surface area contributed by atoms with E-state index in [-0.39, 0.29) is 22.8 Å². The molecule has 2 heterocycles. The molecule has 8 heteroatoms. The van der Waals surface area contributed by atoms with Crippen molar-refractivity contribution in [1.82, 2.24) is 9.88 Å². The summed E-state index contributed by atoms with van der Waals surface area (Å²) in [6.45, 7) is 1.22. The number of aromatic nitrogens is 1. The van der Waals surface area contributed by atoms with Crippen LogP contribution in [0, 0.1) is 5.41 Å². The van der Waals surface area contributed by atoms with Crippen LogP contribution in [0.3, 0.4) is 0 Å². The second-order valence-corrected chi connectivity index (χ2v) is 11.3. The minimum Gasteiger partial charge on any atom is -0.396 e. The fraction of sp³-hybridized carbons (Fsp3) is 0.241. The number of carbonyl (C=O) groups excluding carboxylic acids is 1. The van der Waals surface area contributed by atoms with Gasteiger partial charge in [-0.1, -0.05) is 48.5 Å². The number of aliphatic hydroxyl groups is 1. The van der Waals surface area contributed by atoms with E-state index in [1.165, 1.54) is 11.6 Å². The molecule has 0 unspecified atom stereocenters. The Morgan fingerprint density at radius 2 is 1.62 bits per heavy atom. The number of piperidine rings is 1. The van der Waals surface area contributed by atoms with Crippen molar-refractivity contribution in [2.75, 3.05) is 24.4 Å². The van der Waals surface area contributed by atoms with Crippen molar-refractivity contribution in [3.8, 4) is 0 Å². The lowest BCUT2D eigenvalue weighted by molar-refractivity contribution is 0.0358. The number of amides is 1. The van der Waals surface area contributed by atoms with Crippen LogP contribution >= 0.6 is 0 Å². The molecule has 0 radical (unpaired) electrons. The number of carbonyl (C=O) groups is 1. The van der Waals surface area contributed by atoms with E-state index in [1.807, 2.05) is 30.3 Å². The molecule has 3 aromatic carbocycles. The van der Waals surface area contributed by atoms with Gasteiger partial charge < -0.3 is 10.0 Å². The minimum atomic E-state index is -3.87. The van der Waals surface area contributed by atoms with E-state index in [1.54, 1.807) is 47.5 Å². The fourth-order valence-electron chi connectivity index (χ4n) is 4.97. The zero-order valence-electron chi connectivity index (χ0n) is 20.4. The van der Waals surface area contributed by atoms with Crippen molar-refractivity contribution in [3.05, 3.63) is 102 Å². The molecule has 1 aliphatic heterocycles. The van der Waals surface area contributed by atoms with Crippen LogP contribution < -0.4 is 4.72 Å². The van der Waals surface area contributed by atoms with Crippen LogP contribution in [0.2, 0.25) is 0 Å². The average Bonchev–Trinajstić information content (AvgIpc) is 2.93. The fourth-order valence-corrected chi connectivity index (χ4v) is 6.21. The highest BCUT2D eigenvalue weighted by Gasteiger charge is 2.35. The molecule has 0 atom stereocenters. The van der Waals surface area contributed by atoms with Crippen molar-refractivity contribution in [2.45, 2.75) is 24.2 Å². The number of hydrogen-bond acceptors (Lipinski definition) is 5. The number of likely N-dealkylation sites (tertiary alicyclic amines) is 1. The smallest absolute Gasteiger partial charge is 0.264 e. The van der Waals surface area contributed by atoms with Gasteiger partial charge in [-0.05, 0) is 61.2 Å². The highest BCUT2D eigenvalue weighted by atomic mass is 32.2. The van der Waals surface area contributed by atoms with Crippen LogP contribution in [0.15, 0.2) is 96.0 Å². The summed E-state index contributed by atoms with van der Waals surface area (Å²) in [6, 6.07) is 25.2. The predicted molar refractivity (Wildman–Crippen MR) is 144 cm³/mol. The molecule has 37 heavy (non-hydrogen) atoms. The molecule has 5 rings (SSSR count). The Morgan fingerprint density at radius 1 is 0.919 bits per heavy atom. The number of nitrogens with zero attached hydrogens (tertiary/aromatic N) is 2. The molecule has 1 saturated heterocycles. The minimum absolute atomic E-state index is 0.0883. The van der Waals surface area contributed by atoms with Crippen LogP contribution in [-0.4, -0.2) is 49.0 Å². The third-order valence-corrected chi connectivity index (χ3v) is 8.55. The third kappa shape index (κ3) is 5.35. The van der Waals surface area contributed by atoms with E-state index in [4.69, 9.17) is 0 Å². The summed E-state index contributed by atoms with van der Waals surface area (Å²) in [6.07, 6.45) is 3.80. The summed E-state index contributed by atoms with van der Waals surface area (Å²) >= 11 is 0. The summed E-state index contributed by atoms with van der Waals surface area (Å²) in [7, 11) is -3.87. The standard InChI is InChI=1S/C29H29N3O4S/c33-21-29(20-22-6-2-1-3-7-22)15-18-32(19-16-29)28(34)24-11-13-25(14-12-24)31-37(35,36)26-10-4-8-23-9-5-17-30-27(23)26/h1-14,17,31,33H,15-16,18-21H2. The Bertz CT molecular complexity index is 1490. The number of pyridine rings is 1. The number of hydrogen-bond donors (Lipinski definition) is 2. The second kappa shape index (κ2) is 10.3. The Kier molecular flexibility index (Phi) is 6.95. The molecule has 1 fully saturated rings. The number of anilines is 1.